The van der Waals surface area contributed by atoms with Gasteiger partial charge in [-0.1, -0.05) is 152 Å². The Kier molecular flexibility index (Phi) is 5.86. The van der Waals surface area contributed by atoms with Crippen LogP contribution in [0, 0.1) is 0 Å². The first-order valence-electron chi connectivity index (χ1n) is 18.8. The van der Waals surface area contributed by atoms with Gasteiger partial charge >= 0.3 is 0 Å². The molecule has 0 aliphatic heterocycles. The second kappa shape index (κ2) is 11.9. The third kappa shape index (κ3) is 5.13. The first-order valence-corrected chi connectivity index (χ1v) is 16.8. The standard InChI is InChI=1S/C47H29N3O/c1-2-12-34-28-36(27-26-30(34)10-1)32-24-22-31(23-25-32)35-14-7-15-37(29-35)45-48-46(39-18-8-13-33-11-3-4-16-38(33)39)50-47(49-45)41-19-9-21-43-44(41)40-17-5-6-20-42(40)51-43/h1-29H/i7D,14D,15D,29D. The van der Waals surface area contributed by atoms with E-state index in [-0.39, 0.29) is 41.1 Å². The van der Waals surface area contributed by atoms with Crippen LogP contribution in [0.2, 0.25) is 0 Å². The number of para-hydroxylation sites is 1. The average Bonchev–Trinajstić information content (AvgIpc) is 3.62. The predicted octanol–water partition coefficient (Wildman–Crippen LogP) is 12.4. The molecule has 0 radical (unpaired) electrons. The van der Waals surface area contributed by atoms with Gasteiger partial charge in [0.2, 0.25) is 0 Å². The van der Waals surface area contributed by atoms with Crippen LogP contribution in [0.1, 0.15) is 5.48 Å². The van der Waals surface area contributed by atoms with Crippen molar-refractivity contribution >= 4 is 43.5 Å². The highest BCUT2D eigenvalue weighted by Crippen LogP contribution is 2.37. The lowest BCUT2D eigenvalue weighted by atomic mass is 9.97. The zero-order chi connectivity index (χ0) is 37.2. The van der Waals surface area contributed by atoms with Crippen LogP contribution in [0.3, 0.4) is 0 Å². The van der Waals surface area contributed by atoms with Gasteiger partial charge in [0.05, 0.1) is 5.48 Å². The van der Waals surface area contributed by atoms with Crippen molar-refractivity contribution in [3.63, 3.8) is 0 Å². The van der Waals surface area contributed by atoms with Crippen molar-refractivity contribution in [3.05, 3.63) is 176 Å². The monoisotopic (exact) mass is 655 g/mol. The lowest BCUT2D eigenvalue weighted by molar-refractivity contribution is 0.669. The SMILES string of the molecule is [2H]c1c([2H])c(-c2ccc(-c3ccc4ccccc4c3)cc2)c([2H])c(-c2nc(-c3cccc4ccccc34)nc(-c3cccc4oc5ccccc5c34)n2)c1[2H]. The minimum Gasteiger partial charge on any atom is -0.456 e. The fraction of sp³-hybridized carbons (Fsp3) is 0. The van der Waals surface area contributed by atoms with Crippen molar-refractivity contribution in [1.29, 1.82) is 0 Å². The lowest BCUT2D eigenvalue weighted by Gasteiger charge is -2.12. The number of furan rings is 1. The summed E-state index contributed by atoms with van der Waals surface area (Å²) in [4.78, 5) is 15.0. The molecule has 8 aromatic carbocycles. The van der Waals surface area contributed by atoms with Gasteiger partial charge in [0.25, 0.3) is 0 Å². The van der Waals surface area contributed by atoms with Crippen LogP contribution in [0.4, 0.5) is 0 Å². The summed E-state index contributed by atoms with van der Waals surface area (Å²) in [6, 6.07) is 48.8. The number of rotatable bonds is 5. The van der Waals surface area contributed by atoms with E-state index in [1.807, 2.05) is 121 Å². The van der Waals surface area contributed by atoms with Crippen molar-refractivity contribution < 1.29 is 9.90 Å². The molecule has 0 unspecified atom stereocenters. The summed E-state index contributed by atoms with van der Waals surface area (Å²) in [5, 5.41) is 5.99. The topological polar surface area (TPSA) is 51.8 Å². The molecule has 10 rings (SSSR count). The smallest absolute Gasteiger partial charge is 0.164 e. The number of aromatic nitrogens is 3. The number of hydrogen-bond acceptors (Lipinski definition) is 4. The van der Waals surface area contributed by atoms with Crippen LogP contribution in [-0.2, 0) is 0 Å². The molecule has 0 saturated heterocycles. The number of benzene rings is 8. The Morgan fingerprint density at radius 3 is 1.86 bits per heavy atom. The maximum absolute atomic E-state index is 9.56. The Morgan fingerprint density at radius 1 is 0.412 bits per heavy atom. The molecule has 0 amide bonds. The molecule has 0 atom stereocenters. The van der Waals surface area contributed by atoms with Crippen molar-refractivity contribution in [2.45, 2.75) is 0 Å². The largest absolute Gasteiger partial charge is 0.456 e. The number of nitrogens with zero attached hydrogens (tertiary/aromatic N) is 3. The third-order valence-electron chi connectivity index (χ3n) is 9.41. The van der Waals surface area contributed by atoms with Gasteiger partial charge in [-0.15, -0.1) is 0 Å². The summed E-state index contributed by atoms with van der Waals surface area (Å²) in [5.41, 5.74) is 5.79. The Morgan fingerprint density at radius 2 is 1.00 bits per heavy atom. The molecule has 0 bridgehead atoms. The second-order valence-electron chi connectivity index (χ2n) is 12.5. The fourth-order valence-corrected chi connectivity index (χ4v) is 6.91. The van der Waals surface area contributed by atoms with E-state index < -0.39 is 0 Å². The van der Waals surface area contributed by atoms with E-state index in [9.17, 15) is 1.37 Å². The Bertz CT molecular complexity index is 3150. The molecule has 0 fully saturated rings. The van der Waals surface area contributed by atoms with Gasteiger partial charge in [-0.3, -0.25) is 0 Å². The summed E-state index contributed by atoms with van der Waals surface area (Å²) in [6.45, 7) is 0. The third-order valence-corrected chi connectivity index (χ3v) is 9.41. The van der Waals surface area contributed by atoms with E-state index in [2.05, 4.69) is 30.3 Å². The van der Waals surface area contributed by atoms with Gasteiger partial charge in [0.15, 0.2) is 17.5 Å². The highest BCUT2D eigenvalue weighted by molar-refractivity contribution is 6.11. The average molecular weight is 656 g/mol. The highest BCUT2D eigenvalue weighted by atomic mass is 16.3. The number of fused-ring (bicyclic) bond motifs is 5. The normalized spacial score (nSPS) is 12.6. The van der Waals surface area contributed by atoms with Crippen LogP contribution in [-0.4, -0.2) is 15.0 Å². The Balaban J connectivity index is 1.18. The maximum Gasteiger partial charge on any atom is 0.164 e. The zero-order valence-corrected chi connectivity index (χ0v) is 27.2. The van der Waals surface area contributed by atoms with Crippen LogP contribution in [0.15, 0.2) is 180 Å². The van der Waals surface area contributed by atoms with E-state index in [0.29, 0.717) is 28.4 Å². The molecule has 0 spiro atoms. The van der Waals surface area contributed by atoms with Crippen LogP contribution < -0.4 is 0 Å². The first-order chi connectivity index (χ1) is 26.9. The second-order valence-corrected chi connectivity index (χ2v) is 12.5. The summed E-state index contributed by atoms with van der Waals surface area (Å²) in [5.74, 6) is 0.782. The molecule has 51 heavy (non-hydrogen) atoms. The summed E-state index contributed by atoms with van der Waals surface area (Å²) >= 11 is 0. The molecule has 2 aromatic heterocycles. The molecular formula is C47H29N3O. The molecule has 4 heteroatoms. The summed E-state index contributed by atoms with van der Waals surface area (Å²) in [7, 11) is 0. The van der Waals surface area contributed by atoms with Crippen molar-refractivity contribution in [2.24, 2.45) is 0 Å². The van der Waals surface area contributed by atoms with E-state index in [0.717, 1.165) is 54.6 Å². The quantitative estimate of drug-likeness (QED) is 0.185. The van der Waals surface area contributed by atoms with Crippen molar-refractivity contribution in [2.75, 3.05) is 0 Å². The maximum atomic E-state index is 9.56. The number of hydrogen-bond donors (Lipinski definition) is 0. The molecule has 10 aromatic rings. The van der Waals surface area contributed by atoms with E-state index in [4.69, 9.17) is 23.5 Å². The van der Waals surface area contributed by atoms with Crippen LogP contribution >= 0.6 is 0 Å². The fourth-order valence-electron chi connectivity index (χ4n) is 6.91. The Labute approximate surface area is 300 Å². The molecule has 2 heterocycles. The molecular weight excluding hydrogens is 623 g/mol. The van der Waals surface area contributed by atoms with Gasteiger partial charge in [0.1, 0.15) is 11.2 Å². The van der Waals surface area contributed by atoms with E-state index >= 15 is 0 Å². The zero-order valence-electron chi connectivity index (χ0n) is 31.2. The predicted molar refractivity (Wildman–Crippen MR) is 209 cm³/mol. The van der Waals surface area contributed by atoms with Crippen molar-refractivity contribution in [1.82, 2.24) is 15.0 Å². The molecule has 238 valence electrons. The minimum absolute atomic E-state index is 0.0592. The molecule has 4 nitrogen and oxygen atoms in total. The van der Waals surface area contributed by atoms with Gasteiger partial charge < -0.3 is 4.42 Å². The Hall–Kier alpha value is -6.91. The van der Waals surface area contributed by atoms with Crippen molar-refractivity contribution in [3.8, 4) is 56.4 Å². The molecule has 0 aliphatic carbocycles. The summed E-state index contributed by atoms with van der Waals surface area (Å²) in [6.07, 6.45) is 0. The molecule has 0 saturated carbocycles. The van der Waals surface area contributed by atoms with E-state index in [1.54, 1.807) is 0 Å². The van der Waals surface area contributed by atoms with Gasteiger partial charge in [0, 0.05) is 27.5 Å². The minimum atomic E-state index is -0.309. The van der Waals surface area contributed by atoms with Crippen LogP contribution in [0.25, 0.3) is 99.9 Å². The molecule has 0 N–H and O–H groups in total. The first kappa shape index (κ1) is 25.1. The van der Waals surface area contributed by atoms with Gasteiger partial charge in [-0.25, -0.2) is 15.0 Å². The molecule has 0 aliphatic rings. The summed E-state index contributed by atoms with van der Waals surface area (Å²) < 4.78 is 42.9. The van der Waals surface area contributed by atoms with Crippen LogP contribution in [0.5, 0.6) is 0 Å². The van der Waals surface area contributed by atoms with E-state index in [1.165, 1.54) is 0 Å². The van der Waals surface area contributed by atoms with Gasteiger partial charge in [-0.2, -0.15) is 0 Å². The lowest BCUT2D eigenvalue weighted by Crippen LogP contribution is -2.01. The van der Waals surface area contributed by atoms with Gasteiger partial charge in [-0.05, 0) is 68.0 Å². The highest BCUT2D eigenvalue weighted by Gasteiger charge is 2.19.